The van der Waals surface area contributed by atoms with E-state index < -0.39 is 15.9 Å². The maximum atomic E-state index is 13.0. The summed E-state index contributed by atoms with van der Waals surface area (Å²) in [5, 5.41) is 7.17. The van der Waals surface area contributed by atoms with Crippen LogP contribution in [0.3, 0.4) is 0 Å². The Kier molecular flexibility index (Phi) is 5.88. The first-order valence-electron chi connectivity index (χ1n) is 8.46. The van der Waals surface area contributed by atoms with Gasteiger partial charge >= 0.3 is 0 Å². The lowest BCUT2D eigenvalue weighted by Gasteiger charge is -2.21. The number of rotatable bonds is 5. The van der Waals surface area contributed by atoms with Gasteiger partial charge in [0.2, 0.25) is 0 Å². The standard InChI is InChI=1S/C19H18Cl2N4O3S/c1-12-7-9-13(10-8-12)29(27,28)25(3)19-14(11-22-24(19)2)18(26)23-16-6-4-5-15(20)17(16)21/h4-11H,1-3H3,(H,23,26). The van der Waals surface area contributed by atoms with Crippen LogP contribution in [-0.2, 0) is 17.1 Å². The van der Waals surface area contributed by atoms with Crippen molar-refractivity contribution < 1.29 is 13.2 Å². The lowest BCUT2D eigenvalue weighted by Crippen LogP contribution is -2.30. The third kappa shape index (κ3) is 4.10. The number of aryl methyl sites for hydroxylation is 2. The molecule has 0 aliphatic carbocycles. The van der Waals surface area contributed by atoms with Crippen LogP contribution in [0.2, 0.25) is 10.0 Å². The smallest absolute Gasteiger partial charge is 0.265 e. The second-order valence-corrected chi connectivity index (χ2v) is 9.10. The Morgan fingerprint density at radius 1 is 1.14 bits per heavy atom. The summed E-state index contributed by atoms with van der Waals surface area (Å²) in [6.07, 6.45) is 1.30. The number of hydrogen-bond acceptors (Lipinski definition) is 4. The zero-order valence-corrected chi connectivity index (χ0v) is 18.2. The first kappa shape index (κ1) is 21.2. The molecule has 0 aliphatic heterocycles. The van der Waals surface area contributed by atoms with E-state index in [1.54, 1.807) is 37.4 Å². The number of amides is 1. The summed E-state index contributed by atoms with van der Waals surface area (Å²) < 4.78 is 28.4. The number of nitrogens with one attached hydrogen (secondary N) is 1. The van der Waals surface area contributed by atoms with E-state index >= 15 is 0 Å². The van der Waals surface area contributed by atoms with Gasteiger partial charge in [-0.05, 0) is 31.2 Å². The first-order valence-corrected chi connectivity index (χ1v) is 10.7. The number of sulfonamides is 1. The highest BCUT2D eigenvalue weighted by molar-refractivity contribution is 7.92. The summed E-state index contributed by atoms with van der Waals surface area (Å²) in [6, 6.07) is 11.3. The molecule has 29 heavy (non-hydrogen) atoms. The molecule has 0 spiro atoms. The Bertz CT molecular complexity index is 1170. The molecule has 3 rings (SSSR count). The van der Waals surface area contributed by atoms with E-state index in [0.29, 0.717) is 5.69 Å². The molecule has 1 heterocycles. The van der Waals surface area contributed by atoms with Crippen molar-refractivity contribution in [3.63, 3.8) is 0 Å². The van der Waals surface area contributed by atoms with Crippen LogP contribution < -0.4 is 9.62 Å². The molecule has 10 heteroatoms. The third-order valence-electron chi connectivity index (χ3n) is 4.33. The van der Waals surface area contributed by atoms with Gasteiger partial charge < -0.3 is 5.32 Å². The molecule has 1 amide bonds. The first-order chi connectivity index (χ1) is 13.6. The highest BCUT2D eigenvalue weighted by atomic mass is 35.5. The van der Waals surface area contributed by atoms with Gasteiger partial charge in [0.1, 0.15) is 5.56 Å². The van der Waals surface area contributed by atoms with Crippen molar-refractivity contribution in [3.8, 4) is 0 Å². The minimum Gasteiger partial charge on any atom is -0.320 e. The molecule has 3 aromatic rings. The summed E-state index contributed by atoms with van der Waals surface area (Å²) in [5.74, 6) is -0.454. The summed E-state index contributed by atoms with van der Waals surface area (Å²) in [5.41, 5.74) is 1.32. The van der Waals surface area contributed by atoms with E-state index in [2.05, 4.69) is 10.4 Å². The van der Waals surface area contributed by atoms with Crippen molar-refractivity contribution in [2.24, 2.45) is 7.05 Å². The average Bonchev–Trinajstić information content (AvgIpc) is 3.06. The molecule has 7 nitrogen and oxygen atoms in total. The molecule has 2 aromatic carbocycles. The number of benzene rings is 2. The quantitative estimate of drug-likeness (QED) is 0.630. The van der Waals surface area contributed by atoms with Crippen molar-refractivity contribution in [1.29, 1.82) is 0 Å². The number of anilines is 2. The van der Waals surface area contributed by atoms with Gasteiger partial charge in [-0.3, -0.25) is 13.8 Å². The summed E-state index contributed by atoms with van der Waals surface area (Å²) in [4.78, 5) is 12.9. The van der Waals surface area contributed by atoms with E-state index in [1.165, 1.54) is 30.1 Å². The molecule has 0 saturated heterocycles. The minimum atomic E-state index is -3.90. The Morgan fingerprint density at radius 2 is 1.79 bits per heavy atom. The maximum Gasteiger partial charge on any atom is 0.265 e. The number of carbonyl (C=O) groups is 1. The number of halogens is 2. The van der Waals surface area contributed by atoms with Crippen LogP contribution in [-0.4, -0.2) is 31.2 Å². The maximum absolute atomic E-state index is 13.0. The topological polar surface area (TPSA) is 84.3 Å². The summed E-state index contributed by atoms with van der Waals surface area (Å²) in [7, 11) is -0.974. The van der Waals surface area contributed by atoms with Crippen LogP contribution in [0.25, 0.3) is 0 Å². The van der Waals surface area contributed by atoms with E-state index in [9.17, 15) is 13.2 Å². The molecule has 0 unspecified atom stereocenters. The van der Waals surface area contributed by atoms with Crippen molar-refractivity contribution in [1.82, 2.24) is 9.78 Å². The van der Waals surface area contributed by atoms with E-state index in [-0.39, 0.29) is 26.3 Å². The zero-order chi connectivity index (χ0) is 21.3. The van der Waals surface area contributed by atoms with Gasteiger partial charge in [-0.2, -0.15) is 5.10 Å². The number of nitrogens with zero attached hydrogens (tertiary/aromatic N) is 3. The Balaban J connectivity index is 1.97. The van der Waals surface area contributed by atoms with Gasteiger partial charge in [0.15, 0.2) is 5.82 Å². The van der Waals surface area contributed by atoms with Crippen LogP contribution in [0, 0.1) is 6.92 Å². The second kappa shape index (κ2) is 8.06. The molecule has 0 fully saturated rings. The molecule has 0 saturated carbocycles. The van der Waals surface area contributed by atoms with Crippen molar-refractivity contribution in [2.75, 3.05) is 16.7 Å². The lowest BCUT2D eigenvalue weighted by atomic mass is 10.2. The molecule has 1 aromatic heterocycles. The highest BCUT2D eigenvalue weighted by Gasteiger charge is 2.28. The van der Waals surface area contributed by atoms with Crippen molar-refractivity contribution >= 4 is 50.6 Å². The zero-order valence-electron chi connectivity index (χ0n) is 15.8. The fourth-order valence-electron chi connectivity index (χ4n) is 2.74. The van der Waals surface area contributed by atoms with Gasteiger partial charge in [-0.15, -0.1) is 0 Å². The van der Waals surface area contributed by atoms with E-state index in [0.717, 1.165) is 9.87 Å². The van der Waals surface area contributed by atoms with Crippen LogP contribution >= 0.6 is 23.2 Å². The lowest BCUT2D eigenvalue weighted by molar-refractivity contribution is 0.102. The predicted molar refractivity (Wildman–Crippen MR) is 114 cm³/mol. The fraction of sp³-hybridized carbons (Fsp3) is 0.158. The van der Waals surface area contributed by atoms with Crippen molar-refractivity contribution in [3.05, 3.63) is 69.8 Å². The Labute approximate surface area is 178 Å². The van der Waals surface area contributed by atoms with Crippen LogP contribution in [0.15, 0.2) is 53.6 Å². The summed E-state index contributed by atoms with van der Waals surface area (Å²) >= 11 is 12.1. The van der Waals surface area contributed by atoms with Crippen molar-refractivity contribution in [2.45, 2.75) is 11.8 Å². The van der Waals surface area contributed by atoms with Gasteiger partial charge in [0.05, 0.1) is 26.8 Å². The molecule has 0 bridgehead atoms. The molecule has 152 valence electrons. The Morgan fingerprint density at radius 3 is 2.45 bits per heavy atom. The molecular weight excluding hydrogens is 435 g/mol. The van der Waals surface area contributed by atoms with Crippen LogP contribution in [0.1, 0.15) is 15.9 Å². The second-order valence-electron chi connectivity index (χ2n) is 6.35. The van der Waals surface area contributed by atoms with E-state index in [1.807, 2.05) is 6.92 Å². The van der Waals surface area contributed by atoms with E-state index in [4.69, 9.17) is 23.2 Å². The number of carbonyl (C=O) groups excluding carboxylic acids is 1. The van der Waals surface area contributed by atoms with Gasteiger partial charge in [0.25, 0.3) is 15.9 Å². The molecule has 0 aliphatic rings. The molecule has 1 N–H and O–H groups in total. The summed E-state index contributed by atoms with van der Waals surface area (Å²) in [6.45, 7) is 1.87. The van der Waals surface area contributed by atoms with Crippen LogP contribution in [0.5, 0.6) is 0 Å². The number of hydrogen-bond donors (Lipinski definition) is 1. The van der Waals surface area contributed by atoms with Gasteiger partial charge in [-0.25, -0.2) is 8.42 Å². The SMILES string of the molecule is Cc1ccc(S(=O)(=O)N(C)c2c(C(=O)Nc3cccc(Cl)c3Cl)cnn2C)cc1. The molecule has 0 atom stereocenters. The molecular formula is C19H18Cl2N4O3S. The minimum absolute atomic E-state index is 0.0710. The normalized spacial score (nSPS) is 11.3. The monoisotopic (exact) mass is 452 g/mol. The van der Waals surface area contributed by atoms with Gasteiger partial charge in [0, 0.05) is 14.1 Å². The Hall–Kier alpha value is -2.55. The van der Waals surface area contributed by atoms with Crippen LogP contribution in [0.4, 0.5) is 11.5 Å². The predicted octanol–water partition coefficient (Wildman–Crippen LogP) is 4.11. The highest BCUT2D eigenvalue weighted by Crippen LogP contribution is 2.31. The molecule has 0 radical (unpaired) electrons. The average molecular weight is 453 g/mol. The van der Waals surface area contributed by atoms with Gasteiger partial charge in [-0.1, -0.05) is 47.0 Å². The third-order valence-corrected chi connectivity index (χ3v) is 6.91. The largest absolute Gasteiger partial charge is 0.320 e. The number of aromatic nitrogens is 2. The fourth-order valence-corrected chi connectivity index (χ4v) is 4.33.